The van der Waals surface area contributed by atoms with E-state index in [1.54, 1.807) is 0 Å². The van der Waals surface area contributed by atoms with Gasteiger partial charge in [-0.25, -0.2) is 0 Å². The van der Waals surface area contributed by atoms with E-state index >= 15 is 0 Å². The van der Waals surface area contributed by atoms with E-state index in [0.29, 0.717) is 13.2 Å². The van der Waals surface area contributed by atoms with Crippen molar-refractivity contribution in [2.45, 2.75) is 76.9 Å². The molecule has 0 aromatic carbocycles. The molecule has 116 valence electrons. The summed E-state index contributed by atoms with van der Waals surface area (Å²) in [6.07, 6.45) is -1.31. The molecule has 0 saturated carbocycles. The molecule has 0 aliphatic carbocycles. The Morgan fingerprint density at radius 2 is 1.45 bits per heavy atom. The van der Waals surface area contributed by atoms with Crippen LogP contribution in [-0.4, -0.2) is 55.5 Å². The van der Waals surface area contributed by atoms with Crippen molar-refractivity contribution in [3.05, 3.63) is 0 Å². The molecule has 6 heteroatoms. The largest absolute Gasteiger partial charge is 0.379 e. The van der Waals surface area contributed by atoms with Crippen molar-refractivity contribution in [2.75, 3.05) is 13.2 Å². The Morgan fingerprint density at radius 1 is 0.850 bits per heavy atom. The molecule has 3 saturated heterocycles. The van der Waals surface area contributed by atoms with Crippen LogP contribution in [0.2, 0.25) is 0 Å². The summed E-state index contributed by atoms with van der Waals surface area (Å²) in [7, 11) is 0. The molecule has 0 bridgehead atoms. The van der Waals surface area contributed by atoms with Crippen molar-refractivity contribution < 1.29 is 28.4 Å². The van der Waals surface area contributed by atoms with E-state index in [1.807, 2.05) is 34.6 Å². The van der Waals surface area contributed by atoms with Crippen molar-refractivity contribution in [1.29, 1.82) is 0 Å². The standard InChI is InChI=1S/C14H24O6/c1-6-15-7-8-9-10(18-13(2,3)17-9)11-12(16-8)20-14(4,5)19-11/h8-12H,6-7H2,1-5H3/t8-,9-,10-,11+,12-/m0/s1. The van der Waals surface area contributed by atoms with Crippen LogP contribution < -0.4 is 0 Å². The third kappa shape index (κ3) is 2.61. The molecule has 3 heterocycles. The maximum atomic E-state index is 6.01. The molecule has 0 aromatic heterocycles. The predicted molar refractivity (Wildman–Crippen MR) is 69.0 cm³/mol. The Morgan fingerprint density at radius 3 is 2.15 bits per heavy atom. The van der Waals surface area contributed by atoms with E-state index < -0.39 is 17.9 Å². The molecule has 0 unspecified atom stereocenters. The van der Waals surface area contributed by atoms with Gasteiger partial charge in [-0.05, 0) is 34.6 Å². The van der Waals surface area contributed by atoms with Crippen molar-refractivity contribution in [2.24, 2.45) is 0 Å². The van der Waals surface area contributed by atoms with E-state index in [2.05, 4.69) is 0 Å². The van der Waals surface area contributed by atoms with Crippen LogP contribution in [0.3, 0.4) is 0 Å². The Kier molecular flexibility index (Phi) is 3.60. The summed E-state index contributed by atoms with van der Waals surface area (Å²) in [6, 6.07) is 0. The predicted octanol–water partition coefficient (Wildman–Crippen LogP) is 1.42. The zero-order valence-corrected chi connectivity index (χ0v) is 12.8. The smallest absolute Gasteiger partial charge is 0.190 e. The van der Waals surface area contributed by atoms with Crippen molar-refractivity contribution >= 4 is 0 Å². The minimum Gasteiger partial charge on any atom is -0.379 e. The maximum Gasteiger partial charge on any atom is 0.190 e. The zero-order valence-electron chi connectivity index (χ0n) is 12.8. The first-order chi connectivity index (χ1) is 9.31. The van der Waals surface area contributed by atoms with Crippen LogP contribution in [0.25, 0.3) is 0 Å². The van der Waals surface area contributed by atoms with Gasteiger partial charge in [0, 0.05) is 6.61 Å². The van der Waals surface area contributed by atoms with Gasteiger partial charge in [0.2, 0.25) is 0 Å². The number of fused-ring (bicyclic) bond motifs is 3. The Bertz CT molecular complexity index is 369. The first kappa shape index (κ1) is 14.7. The lowest BCUT2D eigenvalue weighted by atomic mass is 9.99. The number of rotatable bonds is 3. The summed E-state index contributed by atoms with van der Waals surface area (Å²) >= 11 is 0. The molecule has 3 fully saturated rings. The lowest BCUT2D eigenvalue weighted by Crippen LogP contribution is -2.56. The van der Waals surface area contributed by atoms with Crippen LogP contribution in [0.1, 0.15) is 34.6 Å². The summed E-state index contributed by atoms with van der Waals surface area (Å²) < 4.78 is 35.2. The minimum atomic E-state index is -0.670. The molecular weight excluding hydrogens is 264 g/mol. The third-order valence-corrected chi connectivity index (χ3v) is 3.74. The number of hydrogen-bond donors (Lipinski definition) is 0. The molecule has 0 radical (unpaired) electrons. The minimum absolute atomic E-state index is 0.198. The fourth-order valence-electron chi connectivity index (χ4n) is 3.06. The lowest BCUT2D eigenvalue weighted by Gasteiger charge is -2.37. The average Bonchev–Trinajstić information content (AvgIpc) is 2.80. The Hall–Kier alpha value is -0.240. The van der Waals surface area contributed by atoms with E-state index in [0.717, 1.165) is 0 Å². The highest BCUT2D eigenvalue weighted by Crippen LogP contribution is 2.44. The van der Waals surface area contributed by atoms with Crippen molar-refractivity contribution in [3.63, 3.8) is 0 Å². The van der Waals surface area contributed by atoms with Gasteiger partial charge in [0.1, 0.15) is 24.4 Å². The van der Waals surface area contributed by atoms with Gasteiger partial charge in [0.05, 0.1) is 6.61 Å². The molecule has 6 nitrogen and oxygen atoms in total. The van der Waals surface area contributed by atoms with Crippen molar-refractivity contribution in [3.8, 4) is 0 Å². The van der Waals surface area contributed by atoms with Crippen LogP contribution in [0.5, 0.6) is 0 Å². The van der Waals surface area contributed by atoms with Crippen LogP contribution in [-0.2, 0) is 28.4 Å². The molecule has 0 spiro atoms. The van der Waals surface area contributed by atoms with E-state index in [-0.39, 0.29) is 24.4 Å². The second kappa shape index (κ2) is 4.90. The van der Waals surface area contributed by atoms with Gasteiger partial charge >= 0.3 is 0 Å². The molecule has 5 atom stereocenters. The van der Waals surface area contributed by atoms with Crippen LogP contribution in [0.15, 0.2) is 0 Å². The highest BCUT2D eigenvalue weighted by molar-refractivity contribution is 4.99. The van der Waals surface area contributed by atoms with E-state index in [4.69, 9.17) is 28.4 Å². The zero-order chi connectivity index (χ0) is 14.5. The first-order valence-electron chi connectivity index (χ1n) is 7.26. The Balaban J connectivity index is 1.80. The number of ether oxygens (including phenoxy) is 6. The normalized spacial score (nSPS) is 45.1. The second-order valence-electron chi connectivity index (χ2n) is 6.37. The molecule has 3 rings (SSSR count). The maximum absolute atomic E-state index is 6.01. The molecule has 3 aliphatic rings. The molecule has 20 heavy (non-hydrogen) atoms. The van der Waals surface area contributed by atoms with Crippen LogP contribution in [0, 0.1) is 0 Å². The quantitative estimate of drug-likeness (QED) is 0.783. The lowest BCUT2D eigenvalue weighted by molar-refractivity contribution is -0.242. The average molecular weight is 288 g/mol. The van der Waals surface area contributed by atoms with Crippen molar-refractivity contribution in [1.82, 2.24) is 0 Å². The van der Waals surface area contributed by atoms with Gasteiger partial charge in [-0.2, -0.15) is 0 Å². The van der Waals surface area contributed by atoms with Gasteiger partial charge in [-0.15, -0.1) is 0 Å². The molecule has 0 aromatic rings. The van der Waals surface area contributed by atoms with Gasteiger partial charge in [-0.1, -0.05) is 0 Å². The van der Waals surface area contributed by atoms with Gasteiger partial charge in [0.25, 0.3) is 0 Å². The molecular formula is C14H24O6. The molecule has 0 N–H and O–H groups in total. The monoisotopic (exact) mass is 288 g/mol. The van der Waals surface area contributed by atoms with E-state index in [1.165, 1.54) is 0 Å². The molecule has 0 amide bonds. The summed E-state index contributed by atoms with van der Waals surface area (Å²) in [4.78, 5) is 0. The topological polar surface area (TPSA) is 55.4 Å². The van der Waals surface area contributed by atoms with Gasteiger partial charge in [-0.3, -0.25) is 0 Å². The third-order valence-electron chi connectivity index (χ3n) is 3.74. The molecule has 3 aliphatic heterocycles. The number of hydrogen-bond acceptors (Lipinski definition) is 6. The highest BCUT2D eigenvalue weighted by Gasteiger charge is 2.60. The van der Waals surface area contributed by atoms with Gasteiger partial charge in [0.15, 0.2) is 17.9 Å². The second-order valence-corrected chi connectivity index (χ2v) is 6.37. The summed E-state index contributed by atoms with van der Waals surface area (Å²) in [5, 5.41) is 0. The SMILES string of the molecule is CCOC[C@@H]1O[C@H]2OC(C)(C)O[C@@H]2[C@H]2OC(C)(C)O[C@H]21. The summed E-state index contributed by atoms with van der Waals surface area (Å²) in [5.41, 5.74) is 0. The summed E-state index contributed by atoms with van der Waals surface area (Å²) in [5.74, 6) is -1.31. The van der Waals surface area contributed by atoms with Gasteiger partial charge < -0.3 is 28.4 Å². The first-order valence-corrected chi connectivity index (χ1v) is 7.26. The van der Waals surface area contributed by atoms with Crippen LogP contribution >= 0.6 is 0 Å². The van der Waals surface area contributed by atoms with Crippen LogP contribution in [0.4, 0.5) is 0 Å². The Labute approximate surface area is 119 Å². The summed E-state index contributed by atoms with van der Waals surface area (Å²) in [6.45, 7) is 10.6. The fraction of sp³-hybridized carbons (Fsp3) is 1.00. The highest BCUT2D eigenvalue weighted by atomic mass is 16.9. The fourth-order valence-corrected chi connectivity index (χ4v) is 3.06. The van der Waals surface area contributed by atoms with E-state index in [9.17, 15) is 0 Å².